The Balaban J connectivity index is 1.71. The minimum atomic E-state index is -3.93. The van der Waals surface area contributed by atoms with E-state index in [-0.39, 0.29) is 11.4 Å². The Morgan fingerprint density at radius 3 is 2.35 bits per heavy atom. The molecule has 1 N–H and O–H groups in total. The highest BCUT2D eigenvalue weighted by molar-refractivity contribution is 7.92. The van der Waals surface area contributed by atoms with Crippen LogP contribution in [0.2, 0.25) is 0 Å². The van der Waals surface area contributed by atoms with Gasteiger partial charge in [0, 0.05) is 12.0 Å². The van der Waals surface area contributed by atoms with E-state index in [1.54, 1.807) is 19.1 Å². The molecule has 0 spiro atoms. The van der Waals surface area contributed by atoms with Crippen LogP contribution >= 0.6 is 0 Å². The van der Waals surface area contributed by atoms with Crippen molar-refractivity contribution in [1.29, 1.82) is 0 Å². The maximum absolute atomic E-state index is 13.7. The number of carbonyl (C=O) groups is 1. The number of rotatable bonds is 6. The molecule has 3 aromatic rings. The third-order valence-electron chi connectivity index (χ3n) is 5.87. The fourth-order valence-corrected chi connectivity index (χ4v) is 5.84. The summed E-state index contributed by atoms with van der Waals surface area (Å²) >= 11 is 0. The van der Waals surface area contributed by atoms with E-state index in [1.165, 1.54) is 28.6 Å². The minimum Gasteiger partial charge on any atom is -0.482 e. The van der Waals surface area contributed by atoms with E-state index in [1.807, 2.05) is 19.9 Å². The Labute approximate surface area is 196 Å². The molecule has 0 radical (unpaired) electrons. The first kappa shape index (κ1) is 23.7. The Bertz CT molecular complexity index is 1400. The molecule has 0 amide bonds. The van der Waals surface area contributed by atoms with Crippen LogP contribution in [-0.2, 0) is 20.2 Å². The van der Waals surface area contributed by atoms with Crippen molar-refractivity contribution in [2.45, 2.75) is 31.1 Å². The van der Waals surface area contributed by atoms with Crippen molar-refractivity contribution in [3.05, 3.63) is 77.4 Å². The Morgan fingerprint density at radius 2 is 1.71 bits per heavy atom. The van der Waals surface area contributed by atoms with Gasteiger partial charge in [-0.15, -0.1) is 0 Å². The summed E-state index contributed by atoms with van der Waals surface area (Å²) in [6.07, 6.45) is 0. The maximum Gasteiger partial charge on any atom is 0.341 e. The molecule has 6 nitrogen and oxygen atoms in total. The number of carboxylic acid groups (broad SMARTS) is 1. The standard InChI is InChI=1S/C25H23F2NO5S/c1-15-10-18(6-9-23(15)33-13-24(29)30)34(31,32)28-14-25(2,3)19-11-16(5-8-22(19)28)17-4-7-20(26)21(27)12-17/h4-12H,13-14H2,1-3H3,(H,29,30). The zero-order chi connectivity index (χ0) is 24.8. The first-order valence-electron chi connectivity index (χ1n) is 10.5. The molecule has 1 aliphatic rings. The highest BCUT2D eigenvalue weighted by atomic mass is 32.2. The van der Waals surface area contributed by atoms with E-state index >= 15 is 0 Å². The summed E-state index contributed by atoms with van der Waals surface area (Å²) in [5.74, 6) is -2.72. The van der Waals surface area contributed by atoms with Gasteiger partial charge in [0.05, 0.1) is 10.6 Å². The normalized spacial score (nSPS) is 14.7. The molecular formula is C25H23F2NO5S. The van der Waals surface area contributed by atoms with Crippen LogP contribution in [-0.4, -0.2) is 32.6 Å². The van der Waals surface area contributed by atoms with Crippen molar-refractivity contribution in [2.75, 3.05) is 17.5 Å². The Morgan fingerprint density at radius 1 is 1.03 bits per heavy atom. The smallest absolute Gasteiger partial charge is 0.341 e. The molecule has 0 saturated carbocycles. The van der Waals surface area contributed by atoms with Crippen LogP contribution in [0, 0.1) is 18.6 Å². The number of anilines is 1. The summed E-state index contributed by atoms with van der Waals surface area (Å²) in [6.45, 7) is 5.16. The number of aliphatic carboxylic acids is 1. The molecule has 34 heavy (non-hydrogen) atoms. The molecule has 0 saturated heterocycles. The lowest BCUT2D eigenvalue weighted by atomic mass is 9.85. The maximum atomic E-state index is 13.7. The predicted molar refractivity (Wildman–Crippen MR) is 124 cm³/mol. The molecule has 1 aliphatic heterocycles. The van der Waals surface area contributed by atoms with E-state index in [0.717, 1.165) is 17.7 Å². The van der Waals surface area contributed by atoms with E-state index < -0.39 is 39.6 Å². The van der Waals surface area contributed by atoms with Gasteiger partial charge in [-0.1, -0.05) is 26.0 Å². The number of benzene rings is 3. The number of carboxylic acids is 1. The lowest BCUT2D eigenvalue weighted by Gasteiger charge is -2.22. The van der Waals surface area contributed by atoms with Gasteiger partial charge in [-0.05, 0) is 71.6 Å². The molecule has 3 aromatic carbocycles. The number of hydrogen-bond acceptors (Lipinski definition) is 4. The monoisotopic (exact) mass is 487 g/mol. The molecule has 0 aliphatic carbocycles. The molecule has 0 aromatic heterocycles. The highest BCUT2D eigenvalue weighted by Crippen LogP contribution is 2.45. The molecule has 0 fully saturated rings. The summed E-state index contributed by atoms with van der Waals surface area (Å²) in [7, 11) is -3.93. The fourth-order valence-electron chi connectivity index (χ4n) is 4.11. The second-order valence-corrected chi connectivity index (χ2v) is 10.7. The van der Waals surface area contributed by atoms with E-state index in [2.05, 4.69) is 0 Å². The lowest BCUT2D eigenvalue weighted by Crippen LogP contribution is -2.34. The Hall–Kier alpha value is -3.46. The van der Waals surface area contributed by atoms with Crippen LogP contribution < -0.4 is 9.04 Å². The van der Waals surface area contributed by atoms with Gasteiger partial charge < -0.3 is 9.84 Å². The topological polar surface area (TPSA) is 83.9 Å². The predicted octanol–water partition coefficient (Wildman–Crippen LogP) is 4.89. The molecule has 0 unspecified atom stereocenters. The minimum absolute atomic E-state index is 0.0565. The Kier molecular flexibility index (Phi) is 5.85. The van der Waals surface area contributed by atoms with Crippen molar-refractivity contribution in [3.8, 4) is 16.9 Å². The summed E-state index contributed by atoms with van der Waals surface area (Å²) < 4.78 is 60.7. The third-order valence-corrected chi connectivity index (χ3v) is 7.63. The quantitative estimate of drug-likeness (QED) is 0.535. The second kappa shape index (κ2) is 8.39. The van der Waals surface area contributed by atoms with Crippen LogP contribution in [0.3, 0.4) is 0 Å². The molecule has 9 heteroatoms. The number of hydrogen-bond donors (Lipinski definition) is 1. The largest absolute Gasteiger partial charge is 0.482 e. The van der Waals surface area contributed by atoms with E-state index in [0.29, 0.717) is 28.1 Å². The number of halogens is 2. The van der Waals surface area contributed by atoms with Gasteiger partial charge in [-0.3, -0.25) is 4.31 Å². The molecular weight excluding hydrogens is 464 g/mol. The van der Waals surface area contributed by atoms with Gasteiger partial charge in [0.1, 0.15) is 5.75 Å². The van der Waals surface area contributed by atoms with Crippen LogP contribution in [0.1, 0.15) is 25.0 Å². The van der Waals surface area contributed by atoms with Crippen molar-refractivity contribution < 1.29 is 31.8 Å². The molecule has 0 bridgehead atoms. The zero-order valence-electron chi connectivity index (χ0n) is 18.8. The van der Waals surface area contributed by atoms with Crippen molar-refractivity contribution >= 4 is 21.7 Å². The van der Waals surface area contributed by atoms with Gasteiger partial charge in [-0.2, -0.15) is 0 Å². The zero-order valence-corrected chi connectivity index (χ0v) is 19.6. The molecule has 1 heterocycles. The van der Waals surface area contributed by atoms with Crippen molar-refractivity contribution in [3.63, 3.8) is 0 Å². The number of aryl methyl sites for hydroxylation is 1. The van der Waals surface area contributed by atoms with Gasteiger partial charge in [0.25, 0.3) is 10.0 Å². The number of nitrogens with zero attached hydrogens (tertiary/aromatic N) is 1. The molecule has 178 valence electrons. The van der Waals surface area contributed by atoms with Gasteiger partial charge in [-0.25, -0.2) is 22.0 Å². The highest BCUT2D eigenvalue weighted by Gasteiger charge is 2.41. The summed E-state index contributed by atoms with van der Waals surface area (Å²) in [5.41, 5.74) is 2.40. The summed E-state index contributed by atoms with van der Waals surface area (Å²) in [4.78, 5) is 10.8. The number of fused-ring (bicyclic) bond motifs is 1. The van der Waals surface area contributed by atoms with E-state index in [4.69, 9.17) is 9.84 Å². The van der Waals surface area contributed by atoms with Crippen LogP contribution in [0.5, 0.6) is 5.75 Å². The van der Waals surface area contributed by atoms with Gasteiger partial charge in [0.15, 0.2) is 18.2 Å². The molecule has 0 atom stereocenters. The first-order chi connectivity index (χ1) is 15.9. The lowest BCUT2D eigenvalue weighted by molar-refractivity contribution is -0.139. The second-order valence-electron chi connectivity index (χ2n) is 8.87. The van der Waals surface area contributed by atoms with Crippen LogP contribution in [0.25, 0.3) is 11.1 Å². The third kappa shape index (κ3) is 4.23. The molecule has 4 rings (SSSR count). The fraction of sp³-hybridized carbons (Fsp3) is 0.240. The first-order valence-corrected chi connectivity index (χ1v) is 11.9. The van der Waals surface area contributed by atoms with Crippen LogP contribution in [0.4, 0.5) is 14.5 Å². The summed E-state index contributed by atoms with van der Waals surface area (Å²) in [6, 6.07) is 13.1. The van der Waals surface area contributed by atoms with E-state index in [9.17, 15) is 22.0 Å². The van der Waals surface area contributed by atoms with Gasteiger partial charge in [0.2, 0.25) is 0 Å². The SMILES string of the molecule is Cc1cc(S(=O)(=O)N2CC(C)(C)c3cc(-c4ccc(F)c(F)c4)ccc32)ccc1OCC(=O)O. The van der Waals surface area contributed by atoms with Crippen LogP contribution in [0.15, 0.2) is 59.5 Å². The average Bonchev–Trinajstić information content (AvgIpc) is 3.05. The van der Waals surface area contributed by atoms with Crippen molar-refractivity contribution in [1.82, 2.24) is 0 Å². The van der Waals surface area contributed by atoms with Gasteiger partial charge >= 0.3 is 5.97 Å². The average molecular weight is 488 g/mol. The number of sulfonamides is 1. The number of ether oxygens (including phenoxy) is 1. The summed E-state index contributed by atoms with van der Waals surface area (Å²) in [5, 5.41) is 8.79. The van der Waals surface area contributed by atoms with Crippen molar-refractivity contribution in [2.24, 2.45) is 0 Å².